The third-order valence-electron chi connectivity index (χ3n) is 3.00. The number of carbonyl (C=O) groups is 1. The second-order valence-electron chi connectivity index (χ2n) is 4.91. The van der Waals surface area contributed by atoms with Crippen molar-refractivity contribution in [2.75, 3.05) is 0 Å². The first-order valence-electron chi connectivity index (χ1n) is 5.14. The van der Waals surface area contributed by atoms with Crippen molar-refractivity contribution in [3.05, 3.63) is 18.0 Å². The number of hydrogen-bond acceptors (Lipinski definition) is 3. The first kappa shape index (κ1) is 12.4. The Morgan fingerprint density at radius 2 is 2.18 bits per heavy atom. The molecule has 0 spiro atoms. The first-order chi connectivity index (χ1) is 7.70. The van der Waals surface area contributed by atoms with Gasteiger partial charge in [0.15, 0.2) is 0 Å². The normalized spacial score (nSPS) is 22.2. The minimum Gasteiger partial charge on any atom is -0.356 e. The summed E-state index contributed by atoms with van der Waals surface area (Å²) >= 11 is 0. The van der Waals surface area contributed by atoms with Crippen molar-refractivity contribution in [3.63, 3.8) is 0 Å². The summed E-state index contributed by atoms with van der Waals surface area (Å²) in [6.45, 7) is 4.11. The maximum absolute atomic E-state index is 11.7. The molecule has 0 bridgehead atoms. The van der Waals surface area contributed by atoms with Crippen LogP contribution >= 0.6 is 10.7 Å². The van der Waals surface area contributed by atoms with Crippen LogP contribution in [-0.2, 0) is 9.05 Å². The zero-order chi connectivity index (χ0) is 12.8. The molecule has 0 aromatic carbocycles. The van der Waals surface area contributed by atoms with E-state index >= 15 is 0 Å². The molecule has 1 aromatic rings. The van der Waals surface area contributed by atoms with Gasteiger partial charge in [0.1, 0.15) is 10.6 Å². The summed E-state index contributed by atoms with van der Waals surface area (Å²) in [7, 11) is 1.37. The van der Waals surface area contributed by atoms with Crippen LogP contribution in [0.1, 0.15) is 30.8 Å². The number of aromatic amines is 1. The molecule has 2 rings (SSSR count). The fraction of sp³-hybridized carbons (Fsp3) is 0.500. The van der Waals surface area contributed by atoms with E-state index in [4.69, 9.17) is 10.7 Å². The van der Waals surface area contributed by atoms with E-state index in [1.807, 2.05) is 0 Å². The molecule has 1 fully saturated rings. The van der Waals surface area contributed by atoms with Crippen molar-refractivity contribution in [2.24, 2.45) is 5.41 Å². The highest BCUT2D eigenvalue weighted by Crippen LogP contribution is 2.44. The number of H-pyrrole nitrogens is 1. The molecule has 1 aliphatic carbocycles. The standard InChI is InChI=1S/C10H13ClN2O3S/c1-10(2)4-8(10)13-9(14)7-3-6(5-12-7)17(11,15)16/h3,5,8,12H,4H2,1-2H3,(H,13,14). The largest absolute Gasteiger partial charge is 0.356 e. The van der Waals surface area contributed by atoms with E-state index in [0.717, 1.165) is 6.42 Å². The molecule has 0 aliphatic heterocycles. The van der Waals surface area contributed by atoms with Gasteiger partial charge in [0.25, 0.3) is 15.0 Å². The van der Waals surface area contributed by atoms with E-state index in [0.29, 0.717) is 0 Å². The molecule has 1 aromatic heterocycles. The summed E-state index contributed by atoms with van der Waals surface area (Å²) in [4.78, 5) is 14.2. The lowest BCUT2D eigenvalue weighted by atomic mass is 10.2. The van der Waals surface area contributed by atoms with Crippen LogP contribution in [0.3, 0.4) is 0 Å². The third-order valence-corrected chi connectivity index (χ3v) is 4.33. The van der Waals surface area contributed by atoms with Crippen LogP contribution in [-0.4, -0.2) is 25.4 Å². The van der Waals surface area contributed by atoms with Crippen molar-refractivity contribution >= 4 is 25.6 Å². The van der Waals surface area contributed by atoms with E-state index in [2.05, 4.69) is 24.1 Å². The number of rotatable bonds is 3. The number of aromatic nitrogens is 1. The zero-order valence-electron chi connectivity index (χ0n) is 9.45. The molecule has 1 atom stereocenters. The van der Waals surface area contributed by atoms with E-state index in [1.165, 1.54) is 12.3 Å². The van der Waals surface area contributed by atoms with Gasteiger partial charge in [0, 0.05) is 22.9 Å². The number of halogens is 1. The molecule has 2 N–H and O–H groups in total. The topological polar surface area (TPSA) is 79.0 Å². The molecule has 1 unspecified atom stereocenters. The van der Waals surface area contributed by atoms with Crippen molar-refractivity contribution in [1.29, 1.82) is 0 Å². The van der Waals surface area contributed by atoms with Crippen molar-refractivity contribution in [2.45, 2.75) is 31.2 Å². The van der Waals surface area contributed by atoms with Crippen LogP contribution in [0.2, 0.25) is 0 Å². The molecule has 94 valence electrons. The van der Waals surface area contributed by atoms with Gasteiger partial charge in [-0.2, -0.15) is 0 Å². The maximum Gasteiger partial charge on any atom is 0.267 e. The molecule has 1 saturated carbocycles. The molecule has 0 radical (unpaired) electrons. The van der Waals surface area contributed by atoms with E-state index in [9.17, 15) is 13.2 Å². The van der Waals surface area contributed by atoms with Crippen LogP contribution < -0.4 is 5.32 Å². The molecule has 1 aliphatic rings. The molecular weight excluding hydrogens is 264 g/mol. The fourth-order valence-electron chi connectivity index (χ4n) is 1.60. The summed E-state index contributed by atoms with van der Waals surface area (Å²) in [6.07, 6.45) is 2.13. The lowest BCUT2D eigenvalue weighted by Crippen LogP contribution is -2.28. The van der Waals surface area contributed by atoms with Gasteiger partial charge in [-0.1, -0.05) is 13.8 Å². The second kappa shape index (κ2) is 3.74. The molecule has 17 heavy (non-hydrogen) atoms. The third kappa shape index (κ3) is 2.63. The average Bonchev–Trinajstić information content (AvgIpc) is 2.67. The Labute approximate surface area is 104 Å². The van der Waals surface area contributed by atoms with Gasteiger partial charge in [0.2, 0.25) is 0 Å². The van der Waals surface area contributed by atoms with Gasteiger partial charge in [-0.3, -0.25) is 4.79 Å². The van der Waals surface area contributed by atoms with Crippen molar-refractivity contribution in [1.82, 2.24) is 10.3 Å². The second-order valence-corrected chi connectivity index (χ2v) is 7.47. The monoisotopic (exact) mass is 276 g/mol. The Balaban J connectivity index is 2.08. The Morgan fingerprint density at radius 3 is 2.59 bits per heavy atom. The van der Waals surface area contributed by atoms with E-state index in [1.54, 1.807) is 0 Å². The van der Waals surface area contributed by atoms with Gasteiger partial charge in [-0.15, -0.1) is 0 Å². The zero-order valence-corrected chi connectivity index (χ0v) is 11.0. The van der Waals surface area contributed by atoms with Crippen LogP contribution in [0.25, 0.3) is 0 Å². The van der Waals surface area contributed by atoms with Crippen LogP contribution in [0.4, 0.5) is 0 Å². The Bertz CT molecular complexity index is 562. The SMILES string of the molecule is CC1(C)CC1NC(=O)c1cc(S(=O)(=O)Cl)c[nH]1. The quantitative estimate of drug-likeness (QED) is 0.821. The molecule has 1 amide bonds. The highest BCUT2D eigenvalue weighted by atomic mass is 35.7. The Hall–Kier alpha value is -1.01. The number of amides is 1. The van der Waals surface area contributed by atoms with Crippen molar-refractivity contribution < 1.29 is 13.2 Å². The van der Waals surface area contributed by atoms with Crippen LogP contribution in [0.5, 0.6) is 0 Å². The predicted molar refractivity (Wildman–Crippen MR) is 63.5 cm³/mol. The summed E-state index contributed by atoms with van der Waals surface area (Å²) in [5.74, 6) is -0.313. The number of carbonyl (C=O) groups excluding carboxylic acids is 1. The lowest BCUT2D eigenvalue weighted by Gasteiger charge is -2.04. The fourth-order valence-corrected chi connectivity index (χ4v) is 2.32. The lowest BCUT2D eigenvalue weighted by molar-refractivity contribution is 0.0942. The van der Waals surface area contributed by atoms with Gasteiger partial charge >= 0.3 is 0 Å². The number of nitrogens with one attached hydrogen (secondary N) is 2. The van der Waals surface area contributed by atoms with Gasteiger partial charge in [0.05, 0.1) is 0 Å². The Morgan fingerprint density at radius 1 is 1.59 bits per heavy atom. The number of hydrogen-bond donors (Lipinski definition) is 2. The predicted octanol–water partition coefficient (Wildman–Crippen LogP) is 1.47. The molecule has 7 heteroatoms. The van der Waals surface area contributed by atoms with Crippen LogP contribution in [0, 0.1) is 5.41 Å². The molecule has 0 saturated heterocycles. The van der Waals surface area contributed by atoms with E-state index in [-0.39, 0.29) is 28.0 Å². The summed E-state index contributed by atoms with van der Waals surface area (Å²) in [5.41, 5.74) is 0.329. The average molecular weight is 277 g/mol. The van der Waals surface area contributed by atoms with E-state index < -0.39 is 9.05 Å². The highest BCUT2D eigenvalue weighted by molar-refractivity contribution is 8.13. The Kier molecular flexibility index (Phi) is 2.74. The van der Waals surface area contributed by atoms with Gasteiger partial charge < -0.3 is 10.3 Å². The molecule has 1 heterocycles. The minimum atomic E-state index is -3.79. The van der Waals surface area contributed by atoms with Gasteiger partial charge in [-0.05, 0) is 17.9 Å². The smallest absolute Gasteiger partial charge is 0.267 e. The minimum absolute atomic E-state index is 0.0978. The molecular formula is C10H13ClN2O3S. The van der Waals surface area contributed by atoms with Crippen LogP contribution in [0.15, 0.2) is 17.2 Å². The summed E-state index contributed by atoms with van der Waals surface area (Å²) in [5, 5.41) is 2.82. The van der Waals surface area contributed by atoms with Crippen molar-refractivity contribution in [3.8, 4) is 0 Å². The summed E-state index contributed by atoms with van der Waals surface area (Å²) in [6, 6.07) is 1.38. The highest BCUT2D eigenvalue weighted by Gasteiger charge is 2.46. The maximum atomic E-state index is 11.7. The first-order valence-corrected chi connectivity index (χ1v) is 7.45. The van der Waals surface area contributed by atoms with Gasteiger partial charge in [-0.25, -0.2) is 8.42 Å². The summed E-state index contributed by atoms with van der Waals surface area (Å²) < 4.78 is 22.0. The molecule has 5 nitrogen and oxygen atoms in total.